The Balaban J connectivity index is 1.84. The van der Waals surface area contributed by atoms with Gasteiger partial charge in [0.15, 0.2) is 0 Å². The third kappa shape index (κ3) is 5.79. The molecule has 1 aromatic heterocycles. The lowest BCUT2D eigenvalue weighted by molar-refractivity contribution is -0.121. The van der Waals surface area contributed by atoms with Crippen LogP contribution in [-0.2, 0) is 15.0 Å². The lowest BCUT2D eigenvalue weighted by Crippen LogP contribution is -2.17. The molecular weight excluding hydrogens is 360 g/mol. The van der Waals surface area contributed by atoms with E-state index in [9.17, 15) is 9.59 Å². The van der Waals surface area contributed by atoms with Crippen molar-refractivity contribution in [2.75, 3.05) is 10.6 Å². The quantitative estimate of drug-likeness (QED) is 0.815. The summed E-state index contributed by atoms with van der Waals surface area (Å²) in [5, 5.41) is 15.3. The van der Waals surface area contributed by atoms with E-state index >= 15 is 0 Å². The largest absolute Gasteiger partial charge is 0.326 e. The lowest BCUT2D eigenvalue weighted by atomic mass is 9.98. The van der Waals surface area contributed by atoms with Crippen molar-refractivity contribution < 1.29 is 9.59 Å². The second-order valence-electron chi connectivity index (χ2n) is 6.72. The van der Waals surface area contributed by atoms with E-state index in [1.807, 2.05) is 33.8 Å². The minimum atomic E-state index is -0.269. The zero-order valence-corrected chi connectivity index (χ0v) is 16.2. The number of nitrogens with zero attached hydrogens (tertiary/aromatic N) is 2. The molecule has 0 saturated carbocycles. The number of aryl methyl sites for hydroxylation is 1. The average molecular weight is 381 g/mol. The molecule has 134 valence electrons. The van der Waals surface area contributed by atoms with Crippen LogP contribution in [0.3, 0.4) is 0 Å². The molecule has 8 heteroatoms. The van der Waals surface area contributed by atoms with Gasteiger partial charge in [-0.1, -0.05) is 49.8 Å². The van der Waals surface area contributed by atoms with E-state index in [2.05, 4.69) is 20.8 Å². The Bertz CT molecular complexity index is 783. The molecule has 0 aliphatic carbocycles. The first-order valence-electron chi connectivity index (χ1n) is 7.85. The minimum absolute atomic E-state index is 0.0654. The van der Waals surface area contributed by atoms with Crippen LogP contribution >= 0.6 is 22.9 Å². The van der Waals surface area contributed by atoms with E-state index < -0.39 is 0 Å². The maximum Gasteiger partial charge on any atom is 0.226 e. The van der Waals surface area contributed by atoms with Gasteiger partial charge < -0.3 is 10.6 Å². The molecule has 1 heterocycles. The second-order valence-corrected chi connectivity index (χ2v) is 8.13. The Labute approximate surface area is 156 Å². The van der Waals surface area contributed by atoms with Gasteiger partial charge in [-0.3, -0.25) is 9.59 Å². The summed E-state index contributed by atoms with van der Waals surface area (Å²) in [5.41, 5.74) is 1.44. The molecule has 0 radical (unpaired) electrons. The molecule has 0 atom stereocenters. The molecule has 2 aromatic rings. The predicted octanol–water partition coefficient (Wildman–Crippen LogP) is 4.15. The van der Waals surface area contributed by atoms with Gasteiger partial charge >= 0.3 is 0 Å². The van der Waals surface area contributed by atoms with Crippen LogP contribution in [0.15, 0.2) is 18.2 Å². The van der Waals surface area contributed by atoms with Gasteiger partial charge in [0.1, 0.15) is 5.01 Å². The number of benzene rings is 1. The van der Waals surface area contributed by atoms with E-state index in [1.54, 1.807) is 12.1 Å². The van der Waals surface area contributed by atoms with Crippen LogP contribution in [0, 0.1) is 6.92 Å². The van der Waals surface area contributed by atoms with Gasteiger partial charge in [-0.15, -0.1) is 10.2 Å². The zero-order valence-electron chi connectivity index (χ0n) is 14.6. The molecule has 0 bridgehead atoms. The summed E-state index contributed by atoms with van der Waals surface area (Å²) in [6, 6.07) is 5.27. The molecule has 1 aromatic carbocycles. The van der Waals surface area contributed by atoms with Crippen molar-refractivity contribution in [3.63, 3.8) is 0 Å². The molecule has 0 spiro atoms. The Morgan fingerprint density at radius 3 is 2.36 bits per heavy atom. The number of nitrogens with one attached hydrogen (secondary N) is 2. The minimum Gasteiger partial charge on any atom is -0.326 e. The Kier molecular flexibility index (Phi) is 6.13. The number of hydrogen-bond acceptors (Lipinski definition) is 5. The molecule has 0 unspecified atom stereocenters. The van der Waals surface area contributed by atoms with Crippen molar-refractivity contribution in [1.82, 2.24) is 10.2 Å². The van der Waals surface area contributed by atoms with E-state index in [-0.39, 0.29) is 30.1 Å². The zero-order chi connectivity index (χ0) is 18.6. The molecule has 0 saturated heterocycles. The smallest absolute Gasteiger partial charge is 0.226 e. The van der Waals surface area contributed by atoms with Crippen molar-refractivity contribution in [2.24, 2.45) is 0 Å². The monoisotopic (exact) mass is 380 g/mol. The van der Waals surface area contributed by atoms with E-state index in [0.29, 0.717) is 15.8 Å². The first kappa shape index (κ1) is 19.3. The van der Waals surface area contributed by atoms with Crippen LogP contribution < -0.4 is 10.6 Å². The Hall–Kier alpha value is -1.99. The van der Waals surface area contributed by atoms with Crippen LogP contribution in [0.1, 0.15) is 44.2 Å². The molecule has 2 rings (SSSR count). The van der Waals surface area contributed by atoms with Crippen LogP contribution in [0.5, 0.6) is 0 Å². The van der Waals surface area contributed by atoms with Gasteiger partial charge in [-0.2, -0.15) is 0 Å². The summed E-state index contributed by atoms with van der Waals surface area (Å²) >= 11 is 7.26. The number of carbonyl (C=O) groups is 2. The second kappa shape index (κ2) is 7.93. The normalized spacial score (nSPS) is 11.2. The number of halogens is 1. The summed E-state index contributed by atoms with van der Waals surface area (Å²) in [6.45, 7) is 7.96. The summed E-state index contributed by atoms with van der Waals surface area (Å²) in [4.78, 5) is 24.0. The number of anilines is 2. The third-order valence-electron chi connectivity index (χ3n) is 3.37. The summed E-state index contributed by atoms with van der Waals surface area (Å²) in [6.07, 6.45) is 0.137. The standard InChI is InChI=1S/C17H21ClN4O2S/c1-10-5-6-11(18)9-12(10)19-13(23)7-8-14(24)20-16-22-21-15(25-16)17(2,3)4/h5-6,9H,7-8H2,1-4H3,(H,19,23)(H,20,22,24). The van der Waals surface area contributed by atoms with Crippen LogP contribution in [0.25, 0.3) is 0 Å². The predicted molar refractivity (Wildman–Crippen MR) is 101 cm³/mol. The highest BCUT2D eigenvalue weighted by molar-refractivity contribution is 7.15. The number of amides is 2. The average Bonchev–Trinajstić information content (AvgIpc) is 2.97. The maximum atomic E-state index is 12.0. The van der Waals surface area contributed by atoms with Crippen molar-refractivity contribution in [3.05, 3.63) is 33.8 Å². The van der Waals surface area contributed by atoms with Crippen molar-refractivity contribution >= 4 is 45.6 Å². The highest BCUT2D eigenvalue weighted by Gasteiger charge is 2.20. The molecule has 0 aliphatic heterocycles. The van der Waals surface area contributed by atoms with Gasteiger partial charge in [0.2, 0.25) is 16.9 Å². The van der Waals surface area contributed by atoms with Gasteiger partial charge in [-0.05, 0) is 24.6 Å². The summed E-state index contributed by atoms with van der Waals surface area (Å²) in [5.74, 6) is -0.511. The highest BCUT2D eigenvalue weighted by Crippen LogP contribution is 2.27. The number of hydrogen-bond donors (Lipinski definition) is 2. The molecule has 25 heavy (non-hydrogen) atoms. The summed E-state index contributed by atoms with van der Waals surface area (Å²) < 4.78 is 0. The van der Waals surface area contributed by atoms with Crippen molar-refractivity contribution in [1.29, 1.82) is 0 Å². The molecule has 2 amide bonds. The maximum absolute atomic E-state index is 12.0. The molecule has 0 aliphatic rings. The number of aromatic nitrogens is 2. The fourth-order valence-electron chi connectivity index (χ4n) is 1.93. The van der Waals surface area contributed by atoms with Crippen LogP contribution in [0.4, 0.5) is 10.8 Å². The first-order valence-corrected chi connectivity index (χ1v) is 9.04. The highest BCUT2D eigenvalue weighted by atomic mass is 35.5. The van der Waals surface area contributed by atoms with Crippen LogP contribution in [0.2, 0.25) is 5.02 Å². The van der Waals surface area contributed by atoms with E-state index in [1.165, 1.54) is 11.3 Å². The number of carbonyl (C=O) groups excluding carboxylic acids is 2. The van der Waals surface area contributed by atoms with Gasteiger partial charge in [0, 0.05) is 29.0 Å². The molecule has 0 fully saturated rings. The first-order chi connectivity index (χ1) is 11.6. The van der Waals surface area contributed by atoms with Gasteiger partial charge in [-0.25, -0.2) is 0 Å². The van der Waals surface area contributed by atoms with Crippen molar-refractivity contribution in [2.45, 2.75) is 46.0 Å². The van der Waals surface area contributed by atoms with Gasteiger partial charge in [0.05, 0.1) is 0 Å². The van der Waals surface area contributed by atoms with Crippen LogP contribution in [-0.4, -0.2) is 22.0 Å². The SMILES string of the molecule is Cc1ccc(Cl)cc1NC(=O)CCC(=O)Nc1nnc(C(C)(C)C)s1. The van der Waals surface area contributed by atoms with E-state index in [0.717, 1.165) is 10.6 Å². The fourth-order valence-corrected chi connectivity index (χ4v) is 2.92. The number of rotatable bonds is 5. The van der Waals surface area contributed by atoms with Gasteiger partial charge in [0.25, 0.3) is 0 Å². The molecule has 2 N–H and O–H groups in total. The Morgan fingerprint density at radius 2 is 1.76 bits per heavy atom. The van der Waals surface area contributed by atoms with Crippen molar-refractivity contribution in [3.8, 4) is 0 Å². The fraction of sp³-hybridized carbons (Fsp3) is 0.412. The lowest BCUT2D eigenvalue weighted by Gasteiger charge is -2.12. The molecular formula is C17H21ClN4O2S. The Morgan fingerprint density at radius 1 is 1.12 bits per heavy atom. The summed E-state index contributed by atoms with van der Waals surface area (Å²) in [7, 11) is 0. The topological polar surface area (TPSA) is 84.0 Å². The van der Waals surface area contributed by atoms with E-state index in [4.69, 9.17) is 11.6 Å². The third-order valence-corrected chi connectivity index (χ3v) is 4.87. The molecule has 6 nitrogen and oxygen atoms in total.